The molecule has 5 heteroatoms. The summed E-state index contributed by atoms with van der Waals surface area (Å²) in [5.74, 6) is 0. The third-order valence-electron chi connectivity index (χ3n) is 2.44. The van der Waals surface area contributed by atoms with E-state index in [9.17, 15) is 4.57 Å². The molecule has 0 heterocycles. The highest BCUT2D eigenvalue weighted by Gasteiger charge is 2.20. The molecule has 98 valence electrons. The summed E-state index contributed by atoms with van der Waals surface area (Å²) < 4.78 is 21.4. The molecule has 4 nitrogen and oxygen atoms in total. The van der Waals surface area contributed by atoms with Crippen molar-refractivity contribution in [2.75, 3.05) is 12.1 Å². The summed E-state index contributed by atoms with van der Waals surface area (Å²) in [5, 5.41) is 0. The van der Waals surface area contributed by atoms with E-state index in [-0.39, 0.29) is 0 Å². The molecule has 0 aliphatic heterocycles. The average molecular weight is 276 g/mol. The molecule has 0 aliphatic rings. The Morgan fingerprint density at radius 2 is 1.58 bits per heavy atom. The molecule has 0 amide bonds. The molecule has 0 aromatic heterocycles. The topological polar surface area (TPSA) is 47.6 Å². The van der Waals surface area contributed by atoms with Gasteiger partial charge in [-0.1, -0.05) is 48.5 Å². The zero-order valence-corrected chi connectivity index (χ0v) is 11.3. The van der Waals surface area contributed by atoms with Gasteiger partial charge in [0.2, 0.25) is 0 Å². The van der Waals surface area contributed by atoms with E-state index >= 15 is 0 Å². The molecule has 0 aliphatic carbocycles. The van der Waals surface area contributed by atoms with Gasteiger partial charge in [0, 0.05) is 15.6 Å². The fraction of sp³-hybridized carbons (Fsp3) is 0.143. The van der Waals surface area contributed by atoms with E-state index in [1.165, 1.54) is 0 Å². The van der Waals surface area contributed by atoms with E-state index in [0.29, 0.717) is 13.0 Å². The summed E-state index contributed by atoms with van der Waals surface area (Å²) in [7, 11) is -2.16. The molecule has 19 heavy (non-hydrogen) atoms. The van der Waals surface area contributed by atoms with Crippen molar-refractivity contribution in [1.29, 1.82) is 0 Å². The molecular formula is C14H15NO3P+. The monoisotopic (exact) mass is 276 g/mol. The number of benzene rings is 2. The first-order valence-corrected chi connectivity index (χ1v) is 7.06. The van der Waals surface area contributed by atoms with Gasteiger partial charge in [0.05, 0.1) is 5.69 Å². The summed E-state index contributed by atoms with van der Waals surface area (Å²) in [4.78, 5) is 0. The second kappa shape index (κ2) is 7.64. The lowest BCUT2D eigenvalue weighted by Gasteiger charge is -1.97. The summed E-state index contributed by atoms with van der Waals surface area (Å²) in [5.41, 5.74) is 4.46. The van der Waals surface area contributed by atoms with Crippen LogP contribution in [0.2, 0.25) is 0 Å². The molecule has 2 aromatic carbocycles. The van der Waals surface area contributed by atoms with Gasteiger partial charge in [0.25, 0.3) is 0 Å². The van der Waals surface area contributed by atoms with Crippen molar-refractivity contribution in [3.05, 3.63) is 66.2 Å². The summed E-state index contributed by atoms with van der Waals surface area (Å²) in [6.45, 7) is 0.357. The third-order valence-corrected chi connectivity index (χ3v) is 3.08. The van der Waals surface area contributed by atoms with Gasteiger partial charge >= 0.3 is 8.25 Å². The molecule has 0 radical (unpaired) electrons. The average Bonchev–Trinajstić information content (AvgIpc) is 2.47. The van der Waals surface area contributed by atoms with Crippen molar-refractivity contribution < 1.29 is 13.7 Å². The van der Waals surface area contributed by atoms with E-state index < -0.39 is 8.25 Å². The SMILES string of the molecule is O=[P+](OCCc1ccccc1)ONc1ccccc1. The Bertz CT molecular complexity index is 505. The molecule has 0 fully saturated rings. The van der Waals surface area contributed by atoms with Gasteiger partial charge in [-0.25, -0.2) is 5.48 Å². The predicted molar refractivity (Wildman–Crippen MR) is 74.9 cm³/mol. The smallest absolute Gasteiger partial charge is 0.215 e. The van der Waals surface area contributed by atoms with Crippen LogP contribution in [0, 0.1) is 0 Å². The van der Waals surface area contributed by atoms with Crippen molar-refractivity contribution >= 4 is 13.9 Å². The minimum Gasteiger partial charge on any atom is -0.215 e. The van der Waals surface area contributed by atoms with Crippen LogP contribution in [0.3, 0.4) is 0 Å². The highest BCUT2D eigenvalue weighted by Crippen LogP contribution is 2.24. The molecule has 0 bridgehead atoms. The van der Waals surface area contributed by atoms with Crippen molar-refractivity contribution in [1.82, 2.24) is 0 Å². The number of nitrogens with one attached hydrogen (secondary N) is 1. The van der Waals surface area contributed by atoms with Gasteiger partial charge in [-0.15, -0.1) is 4.52 Å². The molecule has 1 atom stereocenters. The zero-order valence-electron chi connectivity index (χ0n) is 10.4. The van der Waals surface area contributed by atoms with E-state index in [2.05, 4.69) is 5.48 Å². The van der Waals surface area contributed by atoms with E-state index in [4.69, 9.17) is 9.15 Å². The first kappa shape index (κ1) is 13.7. The predicted octanol–water partition coefficient (Wildman–Crippen LogP) is 3.95. The quantitative estimate of drug-likeness (QED) is 0.614. The maximum Gasteiger partial charge on any atom is 0.721 e. The van der Waals surface area contributed by atoms with Crippen LogP contribution in [0.5, 0.6) is 0 Å². The first-order chi connectivity index (χ1) is 9.34. The fourth-order valence-electron chi connectivity index (χ4n) is 1.51. The zero-order chi connectivity index (χ0) is 13.3. The summed E-state index contributed by atoms with van der Waals surface area (Å²) >= 11 is 0. The van der Waals surface area contributed by atoms with Crippen molar-refractivity contribution in [2.24, 2.45) is 0 Å². The molecule has 0 saturated carbocycles. The second-order valence-corrected chi connectivity index (χ2v) is 4.74. The van der Waals surface area contributed by atoms with Crippen LogP contribution in [-0.4, -0.2) is 6.61 Å². The standard InChI is InChI=1S/C14H15NO3P/c16-19(18-15-14-9-5-2-6-10-14)17-12-11-13-7-3-1-4-8-13/h1-10,15H,11-12H2/q+1. The van der Waals surface area contributed by atoms with Crippen molar-refractivity contribution in [3.8, 4) is 0 Å². The summed E-state index contributed by atoms with van der Waals surface area (Å²) in [6, 6.07) is 19.1. The molecule has 2 aromatic rings. The fourth-order valence-corrected chi connectivity index (χ4v) is 1.98. The van der Waals surface area contributed by atoms with Gasteiger partial charge < -0.3 is 0 Å². The van der Waals surface area contributed by atoms with Crippen LogP contribution in [0.1, 0.15) is 5.56 Å². The van der Waals surface area contributed by atoms with Gasteiger partial charge in [-0.05, 0) is 17.7 Å². The number of anilines is 1. The van der Waals surface area contributed by atoms with Crippen LogP contribution in [0.15, 0.2) is 60.7 Å². The van der Waals surface area contributed by atoms with Gasteiger partial charge in [-0.3, -0.25) is 0 Å². The second-order valence-electron chi connectivity index (χ2n) is 3.85. The first-order valence-electron chi connectivity index (χ1n) is 5.97. The highest BCUT2D eigenvalue weighted by molar-refractivity contribution is 7.33. The highest BCUT2D eigenvalue weighted by atomic mass is 31.1. The van der Waals surface area contributed by atoms with Crippen LogP contribution in [-0.2, 0) is 20.1 Å². The van der Waals surface area contributed by atoms with Crippen LogP contribution in [0.4, 0.5) is 5.69 Å². The van der Waals surface area contributed by atoms with Crippen molar-refractivity contribution in [2.45, 2.75) is 6.42 Å². The Morgan fingerprint density at radius 3 is 2.26 bits per heavy atom. The lowest BCUT2D eigenvalue weighted by molar-refractivity contribution is 0.257. The number of para-hydroxylation sites is 1. The lowest BCUT2D eigenvalue weighted by Crippen LogP contribution is -1.98. The third kappa shape index (κ3) is 5.18. The maximum atomic E-state index is 11.4. The Balaban J connectivity index is 1.65. The molecule has 0 saturated heterocycles. The minimum absolute atomic E-state index is 0.357. The molecule has 1 N–H and O–H groups in total. The summed E-state index contributed by atoms with van der Waals surface area (Å²) in [6.07, 6.45) is 0.705. The van der Waals surface area contributed by atoms with Crippen LogP contribution in [0.25, 0.3) is 0 Å². The maximum absolute atomic E-state index is 11.4. The Hall–Kier alpha value is -1.74. The number of rotatable bonds is 7. The Morgan fingerprint density at radius 1 is 0.947 bits per heavy atom. The van der Waals surface area contributed by atoms with E-state index in [1.807, 2.05) is 60.7 Å². The van der Waals surface area contributed by atoms with Gasteiger partial charge in [0.15, 0.2) is 0 Å². The van der Waals surface area contributed by atoms with Gasteiger partial charge in [-0.2, -0.15) is 0 Å². The van der Waals surface area contributed by atoms with E-state index in [1.54, 1.807) is 0 Å². The number of hydrogen-bond acceptors (Lipinski definition) is 4. The van der Waals surface area contributed by atoms with E-state index in [0.717, 1.165) is 11.3 Å². The van der Waals surface area contributed by atoms with Gasteiger partial charge in [0.1, 0.15) is 6.61 Å². The normalized spacial score (nSPS) is 11.1. The van der Waals surface area contributed by atoms with Crippen molar-refractivity contribution in [3.63, 3.8) is 0 Å². The Kier molecular flexibility index (Phi) is 5.50. The largest absolute Gasteiger partial charge is 0.721 e. The number of hydrogen-bond donors (Lipinski definition) is 1. The Labute approximate surface area is 113 Å². The molecule has 0 spiro atoms. The van der Waals surface area contributed by atoms with Crippen LogP contribution < -0.4 is 5.48 Å². The lowest BCUT2D eigenvalue weighted by atomic mass is 10.2. The van der Waals surface area contributed by atoms with Crippen LogP contribution >= 0.6 is 8.25 Å². The minimum atomic E-state index is -2.16. The molecule has 1 unspecified atom stereocenters. The molecule has 2 rings (SSSR count). The molecular weight excluding hydrogens is 261 g/mol.